The molecule has 0 aliphatic heterocycles. The standard InChI is InChI=1S/C8H9ClOS/c1-11-8-6(5-10)3-2-4-7(8)9/h2-4,10H,5H2,1H3. The second-order valence-corrected chi connectivity index (χ2v) is 3.31. The van der Waals surface area contributed by atoms with Gasteiger partial charge in [0.2, 0.25) is 0 Å². The van der Waals surface area contributed by atoms with Crippen LogP contribution in [0.4, 0.5) is 0 Å². The van der Waals surface area contributed by atoms with Crippen molar-refractivity contribution in [1.29, 1.82) is 0 Å². The van der Waals surface area contributed by atoms with Crippen molar-refractivity contribution in [3.8, 4) is 0 Å². The van der Waals surface area contributed by atoms with Crippen molar-refractivity contribution in [2.45, 2.75) is 11.5 Å². The molecule has 3 heteroatoms. The van der Waals surface area contributed by atoms with Crippen LogP contribution in [0, 0.1) is 0 Å². The SMILES string of the molecule is CSc1c(Cl)cccc1CO. The van der Waals surface area contributed by atoms with Crippen LogP contribution < -0.4 is 0 Å². The molecule has 0 fully saturated rings. The fourth-order valence-electron chi connectivity index (χ4n) is 0.907. The van der Waals surface area contributed by atoms with Crippen LogP contribution in [0.5, 0.6) is 0 Å². The Morgan fingerprint density at radius 2 is 2.27 bits per heavy atom. The van der Waals surface area contributed by atoms with Gasteiger partial charge in [-0.25, -0.2) is 0 Å². The molecule has 0 amide bonds. The monoisotopic (exact) mass is 188 g/mol. The maximum Gasteiger partial charge on any atom is 0.0693 e. The average Bonchev–Trinajstić information content (AvgIpc) is 2.04. The number of aliphatic hydroxyl groups excluding tert-OH is 1. The van der Waals surface area contributed by atoms with Gasteiger partial charge in [0.1, 0.15) is 0 Å². The van der Waals surface area contributed by atoms with Crippen molar-refractivity contribution < 1.29 is 5.11 Å². The topological polar surface area (TPSA) is 20.2 Å². The van der Waals surface area contributed by atoms with Gasteiger partial charge in [-0.05, 0) is 17.9 Å². The fraction of sp³-hybridized carbons (Fsp3) is 0.250. The molecule has 0 aliphatic rings. The van der Waals surface area contributed by atoms with Crippen molar-refractivity contribution in [2.24, 2.45) is 0 Å². The van der Waals surface area contributed by atoms with E-state index < -0.39 is 0 Å². The molecule has 0 aliphatic carbocycles. The second kappa shape index (κ2) is 4.00. The molecule has 0 saturated heterocycles. The Morgan fingerprint density at radius 3 is 2.73 bits per heavy atom. The normalized spacial score (nSPS) is 10.1. The van der Waals surface area contributed by atoms with Gasteiger partial charge in [-0.1, -0.05) is 23.7 Å². The lowest BCUT2D eigenvalue weighted by Crippen LogP contribution is -1.86. The summed E-state index contributed by atoms with van der Waals surface area (Å²) in [5.74, 6) is 0. The van der Waals surface area contributed by atoms with E-state index in [4.69, 9.17) is 16.7 Å². The van der Waals surface area contributed by atoms with E-state index >= 15 is 0 Å². The smallest absolute Gasteiger partial charge is 0.0693 e. The van der Waals surface area contributed by atoms with Crippen molar-refractivity contribution in [3.05, 3.63) is 28.8 Å². The van der Waals surface area contributed by atoms with E-state index in [0.29, 0.717) is 5.02 Å². The third-order valence-electron chi connectivity index (χ3n) is 1.42. The Labute approximate surface area is 75.4 Å². The summed E-state index contributed by atoms with van der Waals surface area (Å²) in [4.78, 5) is 0.969. The summed E-state index contributed by atoms with van der Waals surface area (Å²) in [6, 6.07) is 5.54. The number of rotatable bonds is 2. The molecule has 0 bridgehead atoms. The molecular weight excluding hydrogens is 180 g/mol. The highest BCUT2D eigenvalue weighted by atomic mass is 35.5. The zero-order valence-electron chi connectivity index (χ0n) is 6.17. The largest absolute Gasteiger partial charge is 0.392 e. The van der Waals surface area contributed by atoms with Gasteiger partial charge in [0.05, 0.1) is 11.6 Å². The highest BCUT2D eigenvalue weighted by molar-refractivity contribution is 7.98. The first-order valence-corrected chi connectivity index (χ1v) is 4.82. The molecule has 0 atom stereocenters. The lowest BCUT2D eigenvalue weighted by Gasteiger charge is -2.04. The first-order chi connectivity index (χ1) is 5.29. The molecule has 1 aromatic rings. The molecule has 0 aromatic heterocycles. The maximum atomic E-state index is 8.90. The van der Waals surface area contributed by atoms with E-state index in [0.717, 1.165) is 10.5 Å². The van der Waals surface area contributed by atoms with Crippen LogP contribution in [0.15, 0.2) is 23.1 Å². The van der Waals surface area contributed by atoms with Crippen LogP contribution in [0.2, 0.25) is 5.02 Å². The minimum atomic E-state index is 0.0523. The van der Waals surface area contributed by atoms with Crippen LogP contribution in [0.25, 0.3) is 0 Å². The van der Waals surface area contributed by atoms with Gasteiger partial charge in [-0.2, -0.15) is 0 Å². The Hall–Kier alpha value is -0.180. The molecule has 0 heterocycles. The summed E-state index contributed by atoms with van der Waals surface area (Å²) in [5.41, 5.74) is 0.894. The van der Waals surface area contributed by atoms with E-state index in [1.165, 1.54) is 0 Å². The van der Waals surface area contributed by atoms with Crippen LogP contribution in [-0.4, -0.2) is 11.4 Å². The average molecular weight is 189 g/mol. The van der Waals surface area contributed by atoms with E-state index in [2.05, 4.69) is 0 Å². The Balaban J connectivity index is 3.13. The quantitative estimate of drug-likeness (QED) is 0.720. The molecule has 0 saturated carbocycles. The summed E-state index contributed by atoms with van der Waals surface area (Å²) >= 11 is 7.43. The van der Waals surface area contributed by atoms with Crippen LogP contribution in [-0.2, 0) is 6.61 Å². The Bertz CT molecular complexity index is 250. The van der Waals surface area contributed by atoms with Gasteiger partial charge >= 0.3 is 0 Å². The van der Waals surface area contributed by atoms with Gasteiger partial charge in [-0.3, -0.25) is 0 Å². The molecule has 11 heavy (non-hydrogen) atoms. The summed E-state index contributed by atoms with van der Waals surface area (Å²) in [7, 11) is 0. The van der Waals surface area contributed by atoms with Gasteiger partial charge in [0.25, 0.3) is 0 Å². The number of hydrogen-bond acceptors (Lipinski definition) is 2. The predicted octanol–water partition coefficient (Wildman–Crippen LogP) is 2.55. The fourth-order valence-corrected chi connectivity index (χ4v) is 1.99. The Morgan fingerprint density at radius 1 is 1.55 bits per heavy atom. The van der Waals surface area contributed by atoms with E-state index in [-0.39, 0.29) is 6.61 Å². The molecular formula is C8H9ClOS. The highest BCUT2D eigenvalue weighted by Crippen LogP contribution is 2.28. The van der Waals surface area contributed by atoms with Crippen molar-refractivity contribution in [3.63, 3.8) is 0 Å². The minimum absolute atomic E-state index is 0.0523. The molecule has 0 unspecified atom stereocenters. The summed E-state index contributed by atoms with van der Waals surface area (Å²) in [5, 5.41) is 9.61. The third-order valence-corrected chi connectivity index (χ3v) is 2.74. The molecule has 0 spiro atoms. The summed E-state index contributed by atoms with van der Waals surface area (Å²) < 4.78 is 0. The van der Waals surface area contributed by atoms with E-state index in [1.807, 2.05) is 24.5 Å². The number of benzene rings is 1. The third kappa shape index (κ3) is 1.89. The van der Waals surface area contributed by atoms with Gasteiger partial charge < -0.3 is 5.11 Å². The first kappa shape index (κ1) is 8.91. The van der Waals surface area contributed by atoms with Crippen molar-refractivity contribution >= 4 is 23.4 Å². The van der Waals surface area contributed by atoms with Crippen molar-refractivity contribution in [2.75, 3.05) is 6.26 Å². The lowest BCUT2D eigenvalue weighted by atomic mass is 10.2. The van der Waals surface area contributed by atoms with Crippen molar-refractivity contribution in [1.82, 2.24) is 0 Å². The first-order valence-electron chi connectivity index (χ1n) is 3.22. The van der Waals surface area contributed by atoms with Gasteiger partial charge in [0, 0.05) is 4.90 Å². The molecule has 60 valence electrons. The molecule has 1 aromatic carbocycles. The summed E-state index contributed by atoms with van der Waals surface area (Å²) in [6.45, 7) is 0.0523. The van der Waals surface area contributed by atoms with Crippen LogP contribution in [0.3, 0.4) is 0 Å². The predicted molar refractivity (Wildman–Crippen MR) is 49.2 cm³/mol. The molecule has 0 radical (unpaired) electrons. The van der Waals surface area contributed by atoms with Crippen LogP contribution >= 0.6 is 23.4 Å². The van der Waals surface area contributed by atoms with Gasteiger partial charge in [-0.15, -0.1) is 11.8 Å². The zero-order valence-corrected chi connectivity index (χ0v) is 7.75. The summed E-state index contributed by atoms with van der Waals surface area (Å²) in [6.07, 6.45) is 1.94. The van der Waals surface area contributed by atoms with Gasteiger partial charge in [0.15, 0.2) is 0 Å². The molecule has 1 nitrogen and oxygen atoms in total. The number of aliphatic hydroxyl groups is 1. The highest BCUT2D eigenvalue weighted by Gasteiger charge is 2.03. The molecule has 1 N–H and O–H groups in total. The minimum Gasteiger partial charge on any atom is -0.392 e. The van der Waals surface area contributed by atoms with E-state index in [9.17, 15) is 0 Å². The Kier molecular flexibility index (Phi) is 3.24. The number of halogens is 1. The second-order valence-electron chi connectivity index (χ2n) is 2.09. The van der Waals surface area contributed by atoms with Crippen LogP contribution in [0.1, 0.15) is 5.56 Å². The number of thioether (sulfide) groups is 1. The number of hydrogen-bond donors (Lipinski definition) is 1. The molecule has 1 rings (SSSR count). The zero-order chi connectivity index (χ0) is 8.27. The van der Waals surface area contributed by atoms with E-state index in [1.54, 1.807) is 11.8 Å². The lowest BCUT2D eigenvalue weighted by molar-refractivity contribution is 0.279. The maximum absolute atomic E-state index is 8.90.